The first-order valence-electron chi connectivity index (χ1n) is 11.1. The molecule has 2 heterocycles. The van der Waals surface area contributed by atoms with Crippen LogP contribution in [0.3, 0.4) is 0 Å². The fraction of sp³-hybridized carbons (Fsp3) is 0.375. The van der Waals surface area contributed by atoms with Crippen molar-refractivity contribution in [2.24, 2.45) is 5.92 Å². The van der Waals surface area contributed by atoms with Gasteiger partial charge in [-0.25, -0.2) is 8.42 Å². The van der Waals surface area contributed by atoms with Gasteiger partial charge in [-0.1, -0.05) is 36.3 Å². The van der Waals surface area contributed by atoms with Crippen LogP contribution < -0.4 is 5.32 Å². The Morgan fingerprint density at radius 3 is 2.61 bits per heavy atom. The van der Waals surface area contributed by atoms with Crippen LogP contribution in [0.5, 0.6) is 0 Å². The Morgan fingerprint density at radius 2 is 1.94 bits per heavy atom. The first kappa shape index (κ1) is 23.1. The predicted molar refractivity (Wildman–Crippen MR) is 125 cm³/mol. The van der Waals surface area contributed by atoms with Crippen molar-refractivity contribution in [3.05, 3.63) is 59.5 Å². The van der Waals surface area contributed by atoms with E-state index in [-0.39, 0.29) is 17.3 Å². The average Bonchev–Trinajstić information content (AvgIpc) is 3.26. The van der Waals surface area contributed by atoms with Crippen molar-refractivity contribution in [1.82, 2.24) is 14.4 Å². The fourth-order valence-electron chi connectivity index (χ4n) is 4.02. The van der Waals surface area contributed by atoms with Crippen LogP contribution in [0, 0.1) is 19.8 Å². The van der Waals surface area contributed by atoms with Gasteiger partial charge in [0.15, 0.2) is 0 Å². The molecule has 33 heavy (non-hydrogen) atoms. The van der Waals surface area contributed by atoms with E-state index in [0.717, 1.165) is 12.1 Å². The van der Waals surface area contributed by atoms with E-state index in [1.165, 1.54) is 9.87 Å². The number of carbonyl (C=O) groups is 1. The van der Waals surface area contributed by atoms with Gasteiger partial charge in [0, 0.05) is 31.3 Å². The Balaban J connectivity index is 1.52. The van der Waals surface area contributed by atoms with Gasteiger partial charge in [0.2, 0.25) is 27.6 Å². The molecule has 1 unspecified atom stereocenters. The number of hydrogen-bond donors (Lipinski definition) is 1. The Kier molecular flexibility index (Phi) is 6.62. The standard InChI is InChI=1S/C24H28N4O4S/c1-4-18-8-11-21(12-9-18)26-24(29)20-6-5-13-28(15-20)33(30,31)22-14-19(10-7-16(22)2)23-25-17(3)32-27-23/h7-12,14,20H,4-6,13,15H2,1-3H3,(H,26,29). The molecule has 1 atom stereocenters. The molecule has 1 saturated heterocycles. The molecule has 1 N–H and O–H groups in total. The SMILES string of the molecule is CCc1ccc(NC(=O)C2CCCN(S(=O)(=O)c3cc(-c4noc(C)n4)ccc3C)C2)cc1. The summed E-state index contributed by atoms with van der Waals surface area (Å²) in [6.45, 7) is 6.03. The monoisotopic (exact) mass is 468 g/mol. The molecule has 0 aliphatic carbocycles. The van der Waals surface area contributed by atoms with E-state index in [1.54, 1.807) is 32.0 Å². The molecular formula is C24H28N4O4S. The minimum atomic E-state index is -3.80. The summed E-state index contributed by atoms with van der Waals surface area (Å²) in [6.07, 6.45) is 2.19. The lowest BCUT2D eigenvalue weighted by Crippen LogP contribution is -2.43. The Morgan fingerprint density at radius 1 is 1.18 bits per heavy atom. The zero-order valence-electron chi connectivity index (χ0n) is 19.0. The van der Waals surface area contributed by atoms with E-state index in [0.29, 0.717) is 42.2 Å². The number of carbonyl (C=O) groups excluding carboxylic acids is 1. The maximum atomic E-state index is 13.5. The number of anilines is 1. The molecular weight excluding hydrogens is 440 g/mol. The molecule has 0 radical (unpaired) electrons. The Labute approximate surface area is 194 Å². The molecule has 8 nitrogen and oxygen atoms in total. The van der Waals surface area contributed by atoms with Gasteiger partial charge < -0.3 is 9.84 Å². The number of sulfonamides is 1. The molecule has 9 heteroatoms. The molecule has 1 amide bonds. The third kappa shape index (κ3) is 4.99. The first-order chi connectivity index (χ1) is 15.8. The minimum absolute atomic E-state index is 0.145. The van der Waals surface area contributed by atoms with E-state index in [9.17, 15) is 13.2 Å². The molecule has 1 aliphatic heterocycles. The highest BCUT2D eigenvalue weighted by Gasteiger charge is 2.34. The zero-order valence-corrected chi connectivity index (χ0v) is 19.9. The molecule has 1 fully saturated rings. The molecule has 1 aromatic heterocycles. The van der Waals surface area contributed by atoms with Gasteiger partial charge in [0.1, 0.15) is 0 Å². The van der Waals surface area contributed by atoms with Crippen LogP contribution in [0.25, 0.3) is 11.4 Å². The van der Waals surface area contributed by atoms with Crippen molar-refractivity contribution in [3.8, 4) is 11.4 Å². The highest BCUT2D eigenvalue weighted by atomic mass is 32.2. The summed E-state index contributed by atoms with van der Waals surface area (Å²) in [6, 6.07) is 12.8. The van der Waals surface area contributed by atoms with E-state index in [2.05, 4.69) is 22.4 Å². The van der Waals surface area contributed by atoms with Crippen molar-refractivity contribution < 1.29 is 17.7 Å². The van der Waals surface area contributed by atoms with E-state index < -0.39 is 15.9 Å². The van der Waals surface area contributed by atoms with Gasteiger partial charge in [-0.2, -0.15) is 9.29 Å². The molecule has 174 valence electrons. The number of amides is 1. The summed E-state index contributed by atoms with van der Waals surface area (Å²) < 4.78 is 33.5. The van der Waals surface area contributed by atoms with Gasteiger partial charge in [0.05, 0.1) is 10.8 Å². The van der Waals surface area contributed by atoms with Crippen LogP contribution in [0.2, 0.25) is 0 Å². The van der Waals surface area contributed by atoms with Crippen molar-refractivity contribution >= 4 is 21.6 Å². The average molecular weight is 469 g/mol. The van der Waals surface area contributed by atoms with E-state index in [4.69, 9.17) is 4.52 Å². The van der Waals surface area contributed by atoms with Crippen LogP contribution in [-0.2, 0) is 21.2 Å². The number of rotatable bonds is 6. The van der Waals surface area contributed by atoms with Crippen LogP contribution >= 0.6 is 0 Å². The van der Waals surface area contributed by atoms with Gasteiger partial charge in [-0.05, 0) is 55.5 Å². The van der Waals surface area contributed by atoms with Gasteiger partial charge >= 0.3 is 0 Å². The Bertz CT molecular complexity index is 1250. The smallest absolute Gasteiger partial charge is 0.243 e. The van der Waals surface area contributed by atoms with Crippen molar-refractivity contribution in [2.75, 3.05) is 18.4 Å². The first-order valence-corrected chi connectivity index (χ1v) is 12.5. The summed E-state index contributed by atoms with van der Waals surface area (Å²) in [5.74, 6) is 0.174. The quantitative estimate of drug-likeness (QED) is 0.587. The summed E-state index contributed by atoms with van der Waals surface area (Å²) in [5.41, 5.74) is 3.10. The number of hydrogen-bond acceptors (Lipinski definition) is 6. The number of nitrogens with one attached hydrogen (secondary N) is 1. The van der Waals surface area contributed by atoms with Gasteiger partial charge in [-0.15, -0.1) is 0 Å². The van der Waals surface area contributed by atoms with Crippen molar-refractivity contribution in [3.63, 3.8) is 0 Å². The van der Waals surface area contributed by atoms with Crippen molar-refractivity contribution in [2.45, 2.75) is 44.9 Å². The van der Waals surface area contributed by atoms with E-state index >= 15 is 0 Å². The number of piperidine rings is 1. The second-order valence-electron chi connectivity index (χ2n) is 8.36. The number of benzene rings is 2. The lowest BCUT2D eigenvalue weighted by molar-refractivity contribution is -0.120. The second-order valence-corrected chi connectivity index (χ2v) is 10.3. The van der Waals surface area contributed by atoms with Crippen LogP contribution in [0.4, 0.5) is 5.69 Å². The van der Waals surface area contributed by atoms with Gasteiger partial charge in [-0.3, -0.25) is 4.79 Å². The molecule has 4 rings (SSSR count). The molecule has 1 aliphatic rings. The number of nitrogens with zero attached hydrogens (tertiary/aromatic N) is 3. The summed E-state index contributed by atoms with van der Waals surface area (Å²) in [5, 5.41) is 6.82. The molecule has 0 bridgehead atoms. The molecule has 3 aromatic rings. The highest BCUT2D eigenvalue weighted by molar-refractivity contribution is 7.89. The number of aromatic nitrogens is 2. The van der Waals surface area contributed by atoms with Crippen LogP contribution in [0.15, 0.2) is 51.9 Å². The zero-order chi connectivity index (χ0) is 23.6. The fourth-order valence-corrected chi connectivity index (χ4v) is 5.79. The predicted octanol–water partition coefficient (Wildman–Crippen LogP) is 3.96. The largest absolute Gasteiger partial charge is 0.339 e. The lowest BCUT2D eigenvalue weighted by Gasteiger charge is -2.31. The highest BCUT2D eigenvalue weighted by Crippen LogP contribution is 2.29. The van der Waals surface area contributed by atoms with Crippen LogP contribution in [-0.4, -0.2) is 41.9 Å². The maximum absolute atomic E-state index is 13.5. The Hall–Kier alpha value is -3.04. The summed E-state index contributed by atoms with van der Waals surface area (Å²) >= 11 is 0. The summed E-state index contributed by atoms with van der Waals surface area (Å²) in [4.78, 5) is 17.3. The molecule has 0 spiro atoms. The van der Waals surface area contributed by atoms with E-state index in [1.807, 2.05) is 24.3 Å². The topological polar surface area (TPSA) is 105 Å². The summed E-state index contributed by atoms with van der Waals surface area (Å²) in [7, 11) is -3.80. The normalized spacial score (nSPS) is 17.1. The molecule has 2 aromatic carbocycles. The van der Waals surface area contributed by atoms with Gasteiger partial charge in [0.25, 0.3) is 0 Å². The third-order valence-electron chi connectivity index (χ3n) is 5.98. The van der Waals surface area contributed by atoms with Crippen molar-refractivity contribution in [1.29, 1.82) is 0 Å². The number of aryl methyl sites for hydroxylation is 3. The van der Waals surface area contributed by atoms with Crippen LogP contribution in [0.1, 0.15) is 36.8 Å². The third-order valence-corrected chi connectivity index (χ3v) is 7.98. The second kappa shape index (κ2) is 9.44. The maximum Gasteiger partial charge on any atom is 0.243 e. The lowest BCUT2D eigenvalue weighted by atomic mass is 9.98. The molecule has 0 saturated carbocycles. The minimum Gasteiger partial charge on any atom is -0.339 e.